The molecule has 0 radical (unpaired) electrons. The Labute approximate surface area is 205 Å². The average molecular weight is 490 g/mol. The van der Waals surface area contributed by atoms with Gasteiger partial charge in [-0.1, -0.05) is 12.2 Å². The van der Waals surface area contributed by atoms with Crippen molar-refractivity contribution in [2.24, 2.45) is 35.2 Å². The Bertz CT molecular complexity index is 1060. The number of primary amides is 1. The van der Waals surface area contributed by atoms with Crippen LogP contribution in [0.4, 0.5) is 10.1 Å². The molecule has 1 amide bonds. The monoisotopic (exact) mass is 489 g/mol. The van der Waals surface area contributed by atoms with Gasteiger partial charge in [0.1, 0.15) is 0 Å². The van der Waals surface area contributed by atoms with Crippen LogP contribution < -0.4 is 22.3 Å². The molecule has 10 heteroatoms. The summed E-state index contributed by atoms with van der Waals surface area (Å²) < 4.78 is 14.8. The fourth-order valence-electron chi connectivity index (χ4n) is 5.53. The van der Waals surface area contributed by atoms with E-state index in [4.69, 9.17) is 5.73 Å². The summed E-state index contributed by atoms with van der Waals surface area (Å²) in [6.07, 6.45) is 6.17. The molecule has 5 rings (SSSR count). The number of piperazine rings is 1. The standard InChI is InChI=1S/C24H28FN5O.ClH.H4N2/c1-14-11-17(5-6-19(14)30-9-7-29(2)8-10-30)24-27-13-18(25)22(28-24)20-15-3-4-16(12-15)21(20)23(26)31;;1-2/h3-6,11,13,15-16,20-21H,7-10,12H2,1-2H3,(H2,26,31);1H;1-2H2. The summed E-state index contributed by atoms with van der Waals surface area (Å²) in [5.74, 6) is 7.09. The first-order chi connectivity index (χ1) is 15.9. The van der Waals surface area contributed by atoms with Gasteiger partial charge in [-0.2, -0.15) is 0 Å². The van der Waals surface area contributed by atoms with Crippen molar-refractivity contribution in [2.75, 3.05) is 38.1 Å². The van der Waals surface area contributed by atoms with Crippen molar-refractivity contribution in [3.63, 3.8) is 0 Å². The van der Waals surface area contributed by atoms with E-state index in [0.717, 1.165) is 43.7 Å². The lowest BCUT2D eigenvalue weighted by molar-refractivity contribution is -0.123. The van der Waals surface area contributed by atoms with Gasteiger partial charge >= 0.3 is 0 Å². The number of fused-ring (bicyclic) bond motifs is 2. The maximum absolute atomic E-state index is 14.8. The Morgan fingerprint density at radius 1 is 1.12 bits per heavy atom. The summed E-state index contributed by atoms with van der Waals surface area (Å²) in [5.41, 5.74) is 9.21. The zero-order valence-corrected chi connectivity index (χ0v) is 20.3. The van der Waals surface area contributed by atoms with E-state index in [1.807, 2.05) is 12.1 Å². The molecule has 34 heavy (non-hydrogen) atoms. The maximum Gasteiger partial charge on any atom is 0.221 e. The first kappa shape index (κ1) is 26.0. The van der Waals surface area contributed by atoms with Gasteiger partial charge in [-0.15, -0.1) is 12.4 Å². The number of carbonyl (C=O) groups excluding carboxylic acids is 1. The number of nitrogens with two attached hydrogens (primary N) is 3. The predicted molar refractivity (Wildman–Crippen MR) is 134 cm³/mol. The molecule has 2 heterocycles. The number of hydrogen-bond donors (Lipinski definition) is 3. The molecule has 6 N–H and O–H groups in total. The number of allylic oxidation sites excluding steroid dienone is 2. The third kappa shape index (κ3) is 4.79. The van der Waals surface area contributed by atoms with Crippen molar-refractivity contribution in [1.82, 2.24) is 14.9 Å². The number of hydrazine groups is 1. The molecule has 1 saturated heterocycles. The summed E-state index contributed by atoms with van der Waals surface area (Å²) in [7, 11) is 2.14. The topological polar surface area (TPSA) is 127 Å². The van der Waals surface area contributed by atoms with E-state index in [-0.39, 0.29) is 36.1 Å². The van der Waals surface area contributed by atoms with E-state index < -0.39 is 11.7 Å². The number of carbonyl (C=O) groups is 1. The SMILES string of the molecule is Cc1cc(-c2ncc(F)c(C3C4C=CC(C4)C3C(N)=O)n2)ccc1N1CCN(C)CC1.Cl.NN. The summed E-state index contributed by atoms with van der Waals surface area (Å²) in [6.45, 7) is 6.18. The number of hydrogen-bond acceptors (Lipinski definition) is 7. The minimum atomic E-state index is -0.466. The molecule has 2 aliphatic carbocycles. The highest BCUT2D eigenvalue weighted by Crippen LogP contribution is 2.53. The van der Waals surface area contributed by atoms with Gasteiger partial charge in [-0.25, -0.2) is 14.4 Å². The highest BCUT2D eigenvalue weighted by molar-refractivity contribution is 5.85. The normalized spacial score (nSPS) is 25.5. The molecule has 0 spiro atoms. The number of halogens is 2. The number of anilines is 1. The molecular weight excluding hydrogens is 457 g/mol. The summed E-state index contributed by atoms with van der Waals surface area (Å²) in [4.78, 5) is 25.7. The van der Waals surface area contributed by atoms with Gasteiger partial charge < -0.3 is 15.5 Å². The van der Waals surface area contributed by atoms with Crippen LogP contribution in [0.15, 0.2) is 36.5 Å². The number of aryl methyl sites for hydroxylation is 1. The highest BCUT2D eigenvalue weighted by atomic mass is 35.5. The fraction of sp³-hybridized carbons (Fsp3) is 0.458. The molecule has 4 unspecified atom stereocenters. The lowest BCUT2D eigenvalue weighted by Crippen LogP contribution is -2.44. The van der Waals surface area contributed by atoms with E-state index in [1.54, 1.807) is 0 Å². The number of likely N-dealkylation sites (N-methyl/N-ethyl adjacent to an activating group) is 1. The average Bonchev–Trinajstić information content (AvgIpc) is 3.43. The van der Waals surface area contributed by atoms with Crippen LogP contribution in [0.3, 0.4) is 0 Å². The van der Waals surface area contributed by atoms with Crippen LogP contribution in [0.1, 0.15) is 23.6 Å². The summed E-state index contributed by atoms with van der Waals surface area (Å²) >= 11 is 0. The Hall–Kier alpha value is -2.59. The van der Waals surface area contributed by atoms with Crippen molar-refractivity contribution in [3.8, 4) is 11.4 Å². The largest absolute Gasteiger partial charge is 0.369 e. The minimum Gasteiger partial charge on any atom is -0.369 e. The molecule has 2 bridgehead atoms. The van der Waals surface area contributed by atoms with Crippen LogP contribution in [-0.4, -0.2) is 54.0 Å². The number of nitrogens with zero attached hydrogens (tertiary/aromatic N) is 4. The first-order valence-electron chi connectivity index (χ1n) is 11.3. The molecule has 1 aromatic carbocycles. The van der Waals surface area contributed by atoms with Crippen molar-refractivity contribution < 1.29 is 9.18 Å². The van der Waals surface area contributed by atoms with Crippen LogP contribution in [0.5, 0.6) is 0 Å². The second-order valence-electron chi connectivity index (χ2n) is 9.12. The van der Waals surface area contributed by atoms with Crippen LogP contribution in [-0.2, 0) is 4.79 Å². The Morgan fingerprint density at radius 2 is 1.79 bits per heavy atom. The van der Waals surface area contributed by atoms with E-state index in [0.29, 0.717) is 11.5 Å². The van der Waals surface area contributed by atoms with Gasteiger partial charge in [0, 0.05) is 43.3 Å². The molecule has 4 atom stereocenters. The molecule has 184 valence electrons. The van der Waals surface area contributed by atoms with Crippen molar-refractivity contribution >= 4 is 24.0 Å². The van der Waals surface area contributed by atoms with Gasteiger partial charge in [0.05, 0.1) is 17.8 Å². The molecule has 2 aromatic rings. The maximum atomic E-state index is 14.8. The Morgan fingerprint density at radius 3 is 2.44 bits per heavy atom. The first-order valence-corrected chi connectivity index (χ1v) is 11.3. The van der Waals surface area contributed by atoms with Gasteiger partial charge in [0.15, 0.2) is 11.6 Å². The molecule has 8 nitrogen and oxygen atoms in total. The second kappa shape index (κ2) is 10.8. The van der Waals surface area contributed by atoms with Gasteiger partial charge in [-0.05, 0) is 56.0 Å². The number of aromatic nitrogens is 2. The number of rotatable bonds is 4. The van der Waals surface area contributed by atoms with E-state index in [1.165, 1.54) is 11.9 Å². The minimum absolute atomic E-state index is 0. The summed E-state index contributed by atoms with van der Waals surface area (Å²) in [5, 5.41) is 0. The van der Waals surface area contributed by atoms with Crippen molar-refractivity contribution in [2.45, 2.75) is 19.3 Å². The quantitative estimate of drug-likeness (QED) is 0.340. The van der Waals surface area contributed by atoms with Crippen molar-refractivity contribution in [3.05, 3.63) is 53.6 Å². The lowest BCUT2D eigenvalue weighted by Gasteiger charge is -2.35. The molecule has 3 aliphatic rings. The Balaban J connectivity index is 0.00000105. The molecular formula is C24H33ClFN7O. The van der Waals surface area contributed by atoms with Crippen LogP contribution >= 0.6 is 12.4 Å². The van der Waals surface area contributed by atoms with Crippen LogP contribution in [0.2, 0.25) is 0 Å². The molecule has 1 aliphatic heterocycles. The fourth-order valence-corrected chi connectivity index (χ4v) is 5.53. The van der Waals surface area contributed by atoms with Crippen molar-refractivity contribution in [1.29, 1.82) is 0 Å². The lowest BCUT2D eigenvalue weighted by atomic mass is 9.80. The zero-order valence-electron chi connectivity index (χ0n) is 19.5. The van der Waals surface area contributed by atoms with Gasteiger partial charge in [0.25, 0.3) is 0 Å². The van der Waals surface area contributed by atoms with Gasteiger partial charge in [0.2, 0.25) is 5.91 Å². The zero-order chi connectivity index (χ0) is 23.7. The summed E-state index contributed by atoms with van der Waals surface area (Å²) in [6, 6.07) is 6.18. The third-order valence-corrected chi connectivity index (χ3v) is 7.17. The molecule has 1 saturated carbocycles. The van der Waals surface area contributed by atoms with E-state index in [9.17, 15) is 9.18 Å². The third-order valence-electron chi connectivity index (χ3n) is 7.17. The van der Waals surface area contributed by atoms with E-state index in [2.05, 4.69) is 63.6 Å². The van der Waals surface area contributed by atoms with Gasteiger partial charge in [-0.3, -0.25) is 16.5 Å². The van der Waals surface area contributed by atoms with Crippen LogP contribution in [0.25, 0.3) is 11.4 Å². The highest BCUT2D eigenvalue weighted by Gasteiger charge is 2.49. The smallest absolute Gasteiger partial charge is 0.221 e. The van der Waals surface area contributed by atoms with E-state index >= 15 is 0 Å². The van der Waals surface area contributed by atoms with Crippen LogP contribution in [0, 0.1) is 30.5 Å². The predicted octanol–water partition coefficient (Wildman–Crippen LogP) is 1.97. The molecule has 1 aromatic heterocycles. The Kier molecular flexibility index (Phi) is 8.25. The second-order valence-corrected chi connectivity index (χ2v) is 9.12. The molecule has 2 fully saturated rings. The number of benzene rings is 1. The number of amides is 1.